The molecule has 0 atom stereocenters. The van der Waals surface area contributed by atoms with Crippen molar-refractivity contribution < 1.29 is 5.11 Å². The Morgan fingerprint density at radius 3 is 2.00 bits per heavy atom. The summed E-state index contributed by atoms with van der Waals surface area (Å²) in [6, 6.07) is 0. The Balaban J connectivity index is 2.28. The molecule has 2 nitrogen and oxygen atoms in total. The van der Waals surface area contributed by atoms with Crippen molar-refractivity contribution in [1.82, 2.24) is 4.90 Å². The van der Waals surface area contributed by atoms with Crippen LogP contribution in [0.5, 0.6) is 0 Å². The summed E-state index contributed by atoms with van der Waals surface area (Å²) in [6.45, 7) is 2.08. The van der Waals surface area contributed by atoms with Crippen LogP contribution in [0, 0.1) is 0 Å². The summed E-state index contributed by atoms with van der Waals surface area (Å²) in [5, 5.41) is 8.18. The minimum absolute atomic E-state index is 0.312. The third-order valence-electron chi connectivity index (χ3n) is 3.39. The Bertz CT molecular complexity index is 180. The summed E-state index contributed by atoms with van der Waals surface area (Å²) in [7, 11) is 11.2. The van der Waals surface area contributed by atoms with Crippen LogP contribution in [0.4, 0.5) is 0 Å². The van der Waals surface area contributed by atoms with Gasteiger partial charge in [-0.1, -0.05) is 0 Å². The summed E-state index contributed by atoms with van der Waals surface area (Å²) in [6.07, 6.45) is 4.10. The first-order valence-corrected chi connectivity index (χ1v) is 4.61. The van der Waals surface area contributed by atoms with Gasteiger partial charge in [-0.15, -0.1) is 0 Å². The summed E-state index contributed by atoms with van der Waals surface area (Å²) in [5.41, 5.74) is -0.312. The highest BCUT2D eigenvalue weighted by Gasteiger charge is 2.52. The molecule has 0 bridgehead atoms. The summed E-state index contributed by atoms with van der Waals surface area (Å²) in [5.74, 6) is 0. The molecular weight excluding hydrogens is 148 g/mol. The number of aliphatic hydroxyl groups is 1. The Kier molecular flexibility index (Phi) is 1.81. The van der Waals surface area contributed by atoms with Gasteiger partial charge in [-0.25, -0.2) is 0 Å². The molecule has 0 saturated carbocycles. The van der Waals surface area contributed by atoms with Gasteiger partial charge in [-0.2, -0.15) is 0 Å². The molecule has 4 heteroatoms. The van der Waals surface area contributed by atoms with Gasteiger partial charge in [0.15, 0.2) is 0 Å². The van der Waals surface area contributed by atoms with Gasteiger partial charge >= 0.3 is 0 Å². The zero-order chi connectivity index (χ0) is 8.82. The van der Waals surface area contributed by atoms with Crippen molar-refractivity contribution >= 4 is 15.7 Å². The van der Waals surface area contributed by atoms with Crippen LogP contribution in [0.1, 0.15) is 25.7 Å². The zero-order valence-electron chi connectivity index (χ0n) is 7.29. The Hall–Kier alpha value is 0.0499. The Morgan fingerprint density at radius 2 is 1.67 bits per heavy atom. The highest BCUT2D eigenvalue weighted by atomic mass is 16.3. The Morgan fingerprint density at radius 1 is 1.17 bits per heavy atom. The van der Waals surface area contributed by atoms with E-state index in [4.69, 9.17) is 15.7 Å². The molecule has 0 amide bonds. The molecule has 0 unspecified atom stereocenters. The van der Waals surface area contributed by atoms with Crippen molar-refractivity contribution in [3.8, 4) is 0 Å². The third kappa shape index (κ3) is 0.975. The molecule has 0 aliphatic carbocycles. The van der Waals surface area contributed by atoms with Gasteiger partial charge in [-0.05, 0) is 38.8 Å². The van der Waals surface area contributed by atoms with Crippen LogP contribution in [0.25, 0.3) is 0 Å². The summed E-state index contributed by atoms with van der Waals surface area (Å²) in [4.78, 5) is 2.24. The van der Waals surface area contributed by atoms with Gasteiger partial charge in [0.2, 0.25) is 0 Å². The van der Waals surface area contributed by atoms with Crippen molar-refractivity contribution in [3.05, 3.63) is 0 Å². The predicted molar refractivity (Wildman–Crippen MR) is 49.2 cm³/mol. The maximum absolute atomic E-state index is 9.69. The van der Waals surface area contributed by atoms with Crippen molar-refractivity contribution in [2.45, 2.75) is 36.6 Å². The average molecular weight is 161 g/mol. The van der Waals surface area contributed by atoms with E-state index in [0.717, 1.165) is 38.8 Å². The molecule has 0 aromatic heterocycles. The lowest BCUT2D eigenvalue weighted by Crippen LogP contribution is -2.59. The van der Waals surface area contributed by atoms with E-state index >= 15 is 0 Å². The molecule has 0 aromatic carbocycles. The second-order valence-corrected chi connectivity index (χ2v) is 4.05. The maximum atomic E-state index is 9.69. The van der Waals surface area contributed by atoms with Crippen molar-refractivity contribution in [2.24, 2.45) is 0 Å². The van der Waals surface area contributed by atoms with E-state index in [1.165, 1.54) is 0 Å². The fourth-order valence-electron chi connectivity index (χ4n) is 2.76. The van der Waals surface area contributed by atoms with E-state index in [9.17, 15) is 5.11 Å². The highest BCUT2D eigenvalue weighted by molar-refractivity contribution is 6.40. The molecule has 62 valence electrons. The molecule has 2 fully saturated rings. The van der Waals surface area contributed by atoms with Crippen molar-refractivity contribution in [1.29, 1.82) is 0 Å². The second kappa shape index (κ2) is 2.52. The first-order chi connectivity index (χ1) is 5.56. The van der Waals surface area contributed by atoms with Gasteiger partial charge < -0.3 is 5.11 Å². The van der Waals surface area contributed by atoms with E-state index in [2.05, 4.69) is 4.90 Å². The topological polar surface area (TPSA) is 23.5 Å². The van der Waals surface area contributed by atoms with Crippen LogP contribution in [0.2, 0.25) is 0 Å². The molecule has 2 aliphatic heterocycles. The quantitative estimate of drug-likeness (QED) is 0.528. The average Bonchev–Trinajstić information content (AvgIpc) is 2.37. The third-order valence-corrected chi connectivity index (χ3v) is 3.39. The van der Waals surface area contributed by atoms with Crippen LogP contribution in [0.15, 0.2) is 0 Å². The molecule has 0 aromatic rings. The summed E-state index contributed by atoms with van der Waals surface area (Å²) >= 11 is 0. The van der Waals surface area contributed by atoms with Crippen LogP contribution < -0.4 is 0 Å². The number of nitrogens with zero attached hydrogens (tertiary/aromatic N) is 1. The number of fused-ring (bicyclic) bond motifs is 1. The largest absolute Gasteiger partial charge is 0.407 e. The number of hydrogen-bond acceptors (Lipinski definition) is 2. The number of rotatable bonds is 1. The monoisotopic (exact) mass is 161 g/mol. The van der Waals surface area contributed by atoms with E-state index < -0.39 is 5.40 Å². The van der Waals surface area contributed by atoms with Crippen LogP contribution >= 0.6 is 0 Å². The van der Waals surface area contributed by atoms with Crippen LogP contribution in [0.3, 0.4) is 0 Å². The smallest absolute Gasteiger partial charge is 0.101 e. The van der Waals surface area contributed by atoms with E-state index in [1.54, 1.807) is 0 Å². The lowest BCUT2D eigenvalue weighted by atomic mass is 9.53. The SMILES string of the molecule is [B]C([B])(O)C12CCCN1CCC2. The van der Waals surface area contributed by atoms with E-state index in [0.29, 0.717) is 0 Å². The van der Waals surface area contributed by atoms with Gasteiger partial charge in [0.25, 0.3) is 0 Å². The molecular formula is C8H13B2NO. The maximum Gasteiger partial charge on any atom is 0.101 e. The number of hydrogen-bond donors (Lipinski definition) is 1. The van der Waals surface area contributed by atoms with Gasteiger partial charge in [0.05, 0.1) is 0 Å². The first-order valence-electron chi connectivity index (χ1n) is 4.61. The standard InChI is InChI=1S/C8H13B2NO/c9-8(10,12)7-3-1-5-11(7)6-2-4-7/h12H,1-6H2. The minimum Gasteiger partial charge on any atom is -0.407 e. The molecule has 2 saturated heterocycles. The molecule has 4 radical (unpaired) electrons. The van der Waals surface area contributed by atoms with E-state index in [-0.39, 0.29) is 5.54 Å². The van der Waals surface area contributed by atoms with Gasteiger partial charge in [0, 0.05) is 10.9 Å². The fraction of sp³-hybridized carbons (Fsp3) is 1.00. The molecule has 2 rings (SSSR count). The first kappa shape index (κ1) is 8.64. The minimum atomic E-state index is -1.51. The molecule has 12 heavy (non-hydrogen) atoms. The van der Waals surface area contributed by atoms with Crippen LogP contribution in [-0.2, 0) is 0 Å². The lowest BCUT2D eigenvalue weighted by Gasteiger charge is -2.43. The molecule has 2 aliphatic rings. The highest BCUT2D eigenvalue weighted by Crippen LogP contribution is 2.43. The molecule has 1 N–H and O–H groups in total. The van der Waals surface area contributed by atoms with Gasteiger partial charge in [-0.3, -0.25) is 4.90 Å². The zero-order valence-corrected chi connectivity index (χ0v) is 7.29. The summed E-state index contributed by atoms with van der Waals surface area (Å²) < 4.78 is 0. The second-order valence-electron chi connectivity index (χ2n) is 4.05. The molecule has 2 heterocycles. The lowest BCUT2D eigenvalue weighted by molar-refractivity contribution is 0.0397. The van der Waals surface area contributed by atoms with Crippen LogP contribution in [-0.4, -0.2) is 49.7 Å². The van der Waals surface area contributed by atoms with Gasteiger partial charge in [0.1, 0.15) is 15.7 Å². The van der Waals surface area contributed by atoms with Crippen molar-refractivity contribution in [2.75, 3.05) is 13.1 Å². The Labute approximate surface area is 76.1 Å². The van der Waals surface area contributed by atoms with Crippen molar-refractivity contribution in [3.63, 3.8) is 0 Å². The predicted octanol–water partition coefficient (Wildman–Crippen LogP) is -0.402. The molecule has 0 spiro atoms. The van der Waals surface area contributed by atoms with E-state index in [1.807, 2.05) is 0 Å². The fourth-order valence-corrected chi connectivity index (χ4v) is 2.76. The normalized spacial score (nSPS) is 29.1.